The maximum absolute atomic E-state index is 13.8. The van der Waals surface area contributed by atoms with Gasteiger partial charge in [0.2, 0.25) is 0 Å². The number of nitrogens with one attached hydrogen (secondary N) is 2. The molecular weight excluding hydrogens is 449 g/mol. The molecule has 33 heavy (non-hydrogen) atoms. The Morgan fingerprint density at radius 3 is 2.48 bits per heavy atom. The number of carbonyl (C=O) groups excluding carboxylic acids is 2. The first-order chi connectivity index (χ1) is 15.7. The zero-order chi connectivity index (χ0) is 24.0. The van der Waals surface area contributed by atoms with Crippen LogP contribution in [0.2, 0.25) is 0 Å². The Bertz CT molecular complexity index is 1350. The zero-order valence-electron chi connectivity index (χ0n) is 17.3. The van der Waals surface area contributed by atoms with Crippen LogP contribution in [0.15, 0.2) is 77.7 Å². The topological polar surface area (TPSA) is 125 Å². The molecule has 2 N–H and O–H groups in total. The summed E-state index contributed by atoms with van der Waals surface area (Å²) in [6.07, 6.45) is -1.21. The molecule has 1 atom stereocenters. The predicted octanol–water partition coefficient (Wildman–Crippen LogP) is 3.68. The summed E-state index contributed by atoms with van der Waals surface area (Å²) >= 11 is 0. The van der Waals surface area contributed by atoms with Crippen molar-refractivity contribution in [2.75, 3.05) is 10.0 Å². The molecule has 0 heterocycles. The van der Waals surface area contributed by atoms with E-state index in [1.807, 2.05) is 6.07 Å². The number of carbonyl (C=O) groups is 2. The van der Waals surface area contributed by atoms with E-state index >= 15 is 0 Å². The van der Waals surface area contributed by atoms with E-state index in [1.165, 1.54) is 49.4 Å². The van der Waals surface area contributed by atoms with Crippen LogP contribution < -0.4 is 10.0 Å². The molecule has 0 aliphatic heterocycles. The molecule has 0 unspecified atom stereocenters. The van der Waals surface area contributed by atoms with Crippen LogP contribution in [-0.4, -0.2) is 26.4 Å². The quantitative estimate of drug-likeness (QED) is 0.511. The number of sulfonamides is 1. The van der Waals surface area contributed by atoms with E-state index in [9.17, 15) is 22.4 Å². The molecule has 0 aromatic heterocycles. The van der Waals surface area contributed by atoms with Gasteiger partial charge in [0.1, 0.15) is 5.82 Å². The molecule has 3 aromatic rings. The van der Waals surface area contributed by atoms with Crippen molar-refractivity contribution in [1.82, 2.24) is 0 Å². The van der Waals surface area contributed by atoms with Crippen LogP contribution in [0.1, 0.15) is 22.8 Å². The molecule has 168 valence electrons. The molecule has 0 aliphatic rings. The summed E-state index contributed by atoms with van der Waals surface area (Å²) < 4.78 is 46.3. The molecule has 3 rings (SSSR count). The summed E-state index contributed by atoms with van der Waals surface area (Å²) in [7, 11) is -4.19. The minimum absolute atomic E-state index is 0.113. The lowest BCUT2D eigenvalue weighted by molar-refractivity contribution is -0.123. The van der Waals surface area contributed by atoms with Crippen molar-refractivity contribution < 1.29 is 27.1 Å². The number of benzene rings is 3. The molecule has 0 bridgehead atoms. The number of ether oxygens (including phenoxy) is 1. The summed E-state index contributed by atoms with van der Waals surface area (Å²) in [6, 6.07) is 18.3. The van der Waals surface area contributed by atoms with Crippen molar-refractivity contribution in [3.63, 3.8) is 0 Å². The highest BCUT2D eigenvalue weighted by molar-refractivity contribution is 7.92. The SMILES string of the molecule is C[C@@H](OC(=O)c1cccc(S(=O)(=O)Nc2ccccc2F)c1)C(=O)Nc1cccc(C#N)c1. The van der Waals surface area contributed by atoms with Crippen LogP contribution in [0.5, 0.6) is 0 Å². The Hall–Kier alpha value is -4.23. The van der Waals surface area contributed by atoms with E-state index in [1.54, 1.807) is 18.2 Å². The first kappa shape index (κ1) is 23.4. The van der Waals surface area contributed by atoms with E-state index in [0.717, 1.165) is 12.1 Å². The molecule has 0 saturated heterocycles. The number of nitriles is 1. The van der Waals surface area contributed by atoms with Crippen molar-refractivity contribution in [3.05, 3.63) is 89.7 Å². The van der Waals surface area contributed by atoms with Crippen molar-refractivity contribution in [3.8, 4) is 6.07 Å². The van der Waals surface area contributed by atoms with Crippen molar-refractivity contribution >= 4 is 33.3 Å². The zero-order valence-corrected chi connectivity index (χ0v) is 18.1. The summed E-state index contributed by atoms with van der Waals surface area (Å²) in [5.41, 5.74) is 0.350. The number of amides is 1. The third-order valence-corrected chi connectivity index (χ3v) is 5.77. The molecule has 3 aromatic carbocycles. The minimum atomic E-state index is -4.19. The van der Waals surface area contributed by atoms with Gasteiger partial charge in [-0.15, -0.1) is 0 Å². The van der Waals surface area contributed by atoms with Gasteiger partial charge in [0.05, 0.1) is 27.8 Å². The van der Waals surface area contributed by atoms with Gasteiger partial charge in [-0.3, -0.25) is 9.52 Å². The van der Waals surface area contributed by atoms with Crippen molar-refractivity contribution in [2.24, 2.45) is 0 Å². The van der Waals surface area contributed by atoms with E-state index in [-0.39, 0.29) is 16.1 Å². The second kappa shape index (κ2) is 9.93. The van der Waals surface area contributed by atoms with Crippen LogP contribution >= 0.6 is 0 Å². The lowest BCUT2D eigenvalue weighted by atomic mass is 10.2. The Morgan fingerprint density at radius 1 is 1.03 bits per heavy atom. The number of halogens is 1. The number of rotatable bonds is 7. The molecule has 0 radical (unpaired) electrons. The summed E-state index contributed by atoms with van der Waals surface area (Å²) in [5, 5.41) is 11.5. The molecule has 10 heteroatoms. The maximum Gasteiger partial charge on any atom is 0.338 e. The second-order valence-corrected chi connectivity index (χ2v) is 8.52. The first-order valence-corrected chi connectivity index (χ1v) is 11.1. The molecule has 0 spiro atoms. The fourth-order valence-corrected chi connectivity index (χ4v) is 3.84. The van der Waals surface area contributed by atoms with Crippen LogP contribution in [-0.2, 0) is 19.6 Å². The first-order valence-electron chi connectivity index (χ1n) is 9.59. The number of para-hydroxylation sites is 1. The van der Waals surface area contributed by atoms with Crippen molar-refractivity contribution in [2.45, 2.75) is 17.9 Å². The fourth-order valence-electron chi connectivity index (χ4n) is 2.73. The van der Waals surface area contributed by atoms with Crippen LogP contribution in [0.25, 0.3) is 0 Å². The summed E-state index contributed by atoms with van der Waals surface area (Å²) in [6.45, 7) is 1.35. The lowest BCUT2D eigenvalue weighted by Crippen LogP contribution is -2.30. The number of nitrogens with zero attached hydrogens (tertiary/aromatic N) is 1. The lowest BCUT2D eigenvalue weighted by Gasteiger charge is -2.14. The van der Waals surface area contributed by atoms with Gasteiger partial charge < -0.3 is 10.1 Å². The molecule has 1 amide bonds. The van der Waals surface area contributed by atoms with Gasteiger partial charge >= 0.3 is 5.97 Å². The summed E-state index contributed by atoms with van der Waals surface area (Å²) in [5.74, 6) is -2.31. The molecule has 0 saturated carbocycles. The average Bonchev–Trinajstić information content (AvgIpc) is 2.80. The van der Waals surface area contributed by atoms with Crippen LogP contribution in [0.4, 0.5) is 15.8 Å². The van der Waals surface area contributed by atoms with E-state index in [0.29, 0.717) is 11.3 Å². The van der Waals surface area contributed by atoms with Gasteiger partial charge in [0.15, 0.2) is 6.10 Å². The highest BCUT2D eigenvalue weighted by Crippen LogP contribution is 2.20. The Morgan fingerprint density at radius 2 is 1.76 bits per heavy atom. The fraction of sp³-hybridized carbons (Fsp3) is 0.0870. The summed E-state index contributed by atoms with van der Waals surface area (Å²) in [4.78, 5) is 24.5. The third-order valence-electron chi connectivity index (χ3n) is 4.41. The minimum Gasteiger partial charge on any atom is -0.449 e. The van der Waals surface area contributed by atoms with Crippen LogP contribution in [0.3, 0.4) is 0 Å². The third kappa shape index (κ3) is 5.93. The smallest absolute Gasteiger partial charge is 0.338 e. The number of hydrogen-bond donors (Lipinski definition) is 2. The predicted molar refractivity (Wildman–Crippen MR) is 118 cm³/mol. The average molecular weight is 467 g/mol. The standard InChI is InChI=1S/C23H18FN3O5S/c1-15(22(28)26-18-8-4-6-16(12-18)14-25)32-23(29)17-7-5-9-19(13-17)33(30,31)27-21-11-3-2-10-20(21)24/h2-13,15,27H,1H3,(H,26,28)/t15-/m1/s1. The van der Waals surface area contributed by atoms with E-state index < -0.39 is 33.8 Å². The molecule has 0 fully saturated rings. The molecular formula is C23H18FN3O5S. The Kier molecular flexibility index (Phi) is 7.05. The van der Waals surface area contributed by atoms with Crippen LogP contribution in [0, 0.1) is 17.1 Å². The van der Waals surface area contributed by atoms with Gasteiger partial charge in [-0.2, -0.15) is 5.26 Å². The van der Waals surface area contributed by atoms with E-state index in [2.05, 4.69) is 10.0 Å². The number of hydrogen-bond acceptors (Lipinski definition) is 6. The highest BCUT2D eigenvalue weighted by atomic mass is 32.2. The monoisotopic (exact) mass is 467 g/mol. The van der Waals surface area contributed by atoms with Crippen molar-refractivity contribution in [1.29, 1.82) is 5.26 Å². The van der Waals surface area contributed by atoms with Gasteiger partial charge in [0, 0.05) is 5.69 Å². The number of anilines is 2. The largest absolute Gasteiger partial charge is 0.449 e. The maximum atomic E-state index is 13.8. The molecule has 8 nitrogen and oxygen atoms in total. The van der Waals surface area contributed by atoms with Gasteiger partial charge in [-0.05, 0) is 55.5 Å². The van der Waals surface area contributed by atoms with Gasteiger partial charge in [-0.25, -0.2) is 17.6 Å². The number of esters is 1. The molecule has 0 aliphatic carbocycles. The second-order valence-electron chi connectivity index (χ2n) is 6.84. The van der Waals surface area contributed by atoms with Gasteiger partial charge in [0.25, 0.3) is 15.9 Å². The van der Waals surface area contributed by atoms with Gasteiger partial charge in [-0.1, -0.05) is 24.3 Å². The Balaban J connectivity index is 1.70. The van der Waals surface area contributed by atoms with E-state index in [4.69, 9.17) is 10.00 Å². The normalized spacial score (nSPS) is 11.7. The highest BCUT2D eigenvalue weighted by Gasteiger charge is 2.22. The Labute approximate surface area is 189 Å².